The Morgan fingerprint density at radius 2 is 1.61 bits per heavy atom. The van der Waals surface area contributed by atoms with Crippen molar-refractivity contribution in [2.45, 2.75) is 23.0 Å². The minimum absolute atomic E-state index is 0.0916. The zero-order valence-electron chi connectivity index (χ0n) is 16.7. The van der Waals surface area contributed by atoms with E-state index in [-0.39, 0.29) is 17.2 Å². The van der Waals surface area contributed by atoms with Gasteiger partial charge in [-0.1, -0.05) is 36.4 Å². The molecule has 1 unspecified atom stereocenters. The Labute approximate surface area is 182 Å². The topological polar surface area (TPSA) is 93.2 Å². The van der Waals surface area contributed by atoms with E-state index in [0.717, 1.165) is 17.7 Å². The molecule has 0 radical (unpaired) electrons. The summed E-state index contributed by atoms with van der Waals surface area (Å²) in [5.41, 5.74) is 1.38. The monoisotopic (exact) mass is 462 g/mol. The number of sulfone groups is 1. The molecule has 1 atom stereocenters. The third kappa shape index (κ3) is 6.43. The smallest absolute Gasteiger partial charge is 0.211 e. The van der Waals surface area contributed by atoms with Crippen molar-refractivity contribution >= 4 is 19.9 Å². The Hall–Kier alpha value is -2.62. The van der Waals surface area contributed by atoms with Crippen molar-refractivity contribution in [1.29, 1.82) is 0 Å². The van der Waals surface area contributed by atoms with Gasteiger partial charge in [0.15, 0.2) is 9.84 Å². The highest BCUT2D eigenvalue weighted by Crippen LogP contribution is 2.28. The molecule has 1 heterocycles. The lowest BCUT2D eigenvalue weighted by molar-refractivity contribution is 0.566. The van der Waals surface area contributed by atoms with Gasteiger partial charge in [0.2, 0.25) is 10.0 Å². The fourth-order valence-electron chi connectivity index (χ4n) is 3.15. The molecule has 0 saturated heterocycles. The van der Waals surface area contributed by atoms with Crippen LogP contribution >= 0.6 is 0 Å². The van der Waals surface area contributed by atoms with Crippen LogP contribution in [0.15, 0.2) is 84.0 Å². The first-order chi connectivity index (χ1) is 14.8. The van der Waals surface area contributed by atoms with E-state index in [2.05, 4.69) is 9.71 Å². The predicted molar refractivity (Wildman–Crippen MR) is 117 cm³/mol. The number of sulfonamides is 1. The minimum Gasteiger partial charge on any atom is -0.264 e. The molecule has 0 fully saturated rings. The third-order valence-electron chi connectivity index (χ3n) is 4.78. The number of hydrogen-bond acceptors (Lipinski definition) is 5. The summed E-state index contributed by atoms with van der Waals surface area (Å²) in [4.78, 5) is 3.86. The van der Waals surface area contributed by atoms with Gasteiger partial charge < -0.3 is 0 Å². The van der Waals surface area contributed by atoms with E-state index in [1.807, 2.05) is 30.3 Å². The Morgan fingerprint density at radius 3 is 2.26 bits per heavy atom. The molecule has 1 aromatic heterocycles. The van der Waals surface area contributed by atoms with E-state index in [1.165, 1.54) is 24.5 Å². The van der Waals surface area contributed by atoms with Crippen LogP contribution in [-0.4, -0.2) is 34.1 Å². The lowest BCUT2D eigenvalue weighted by Crippen LogP contribution is -2.33. The fourth-order valence-corrected chi connectivity index (χ4v) is 5.99. The SMILES string of the molecule is O=S(=O)(CCCc1ccccc1)NCC(c1cccnc1)S(=O)(=O)c1ccc(F)cc1. The van der Waals surface area contributed by atoms with Gasteiger partial charge in [0.1, 0.15) is 11.1 Å². The van der Waals surface area contributed by atoms with E-state index in [0.29, 0.717) is 18.4 Å². The molecular weight excluding hydrogens is 439 g/mol. The molecule has 31 heavy (non-hydrogen) atoms. The Kier molecular flexibility index (Phi) is 7.53. The van der Waals surface area contributed by atoms with Gasteiger partial charge in [-0.05, 0) is 54.3 Å². The average Bonchev–Trinajstić information content (AvgIpc) is 2.75. The van der Waals surface area contributed by atoms with Crippen molar-refractivity contribution in [1.82, 2.24) is 9.71 Å². The number of rotatable bonds is 10. The molecule has 164 valence electrons. The van der Waals surface area contributed by atoms with Crippen molar-refractivity contribution in [3.63, 3.8) is 0 Å². The average molecular weight is 463 g/mol. The number of aromatic nitrogens is 1. The molecule has 2 aromatic carbocycles. The number of benzene rings is 2. The van der Waals surface area contributed by atoms with Crippen LogP contribution in [0.3, 0.4) is 0 Å². The standard InChI is InChI=1S/C22H23FN2O4S2/c23-20-10-12-21(13-11-20)31(28,29)22(19-9-4-14-24-16-19)17-25-30(26,27)15-5-8-18-6-2-1-3-7-18/h1-4,6-7,9-14,16,22,25H,5,8,15,17H2. The molecule has 0 amide bonds. The van der Waals surface area contributed by atoms with E-state index in [1.54, 1.807) is 12.1 Å². The first-order valence-electron chi connectivity index (χ1n) is 9.68. The fraction of sp³-hybridized carbons (Fsp3) is 0.227. The lowest BCUT2D eigenvalue weighted by Gasteiger charge is -2.19. The van der Waals surface area contributed by atoms with Crippen LogP contribution in [0.1, 0.15) is 22.8 Å². The molecule has 1 N–H and O–H groups in total. The normalized spacial score (nSPS) is 13.1. The summed E-state index contributed by atoms with van der Waals surface area (Å²) in [7, 11) is -7.69. The summed E-state index contributed by atoms with van der Waals surface area (Å²) < 4.78 is 67.0. The van der Waals surface area contributed by atoms with Crippen molar-refractivity contribution in [3.05, 3.63) is 96.1 Å². The predicted octanol–water partition coefficient (Wildman–Crippen LogP) is 3.29. The van der Waals surface area contributed by atoms with Crippen molar-refractivity contribution in [2.75, 3.05) is 12.3 Å². The molecule has 0 aliphatic carbocycles. The summed E-state index contributed by atoms with van der Waals surface area (Å²) in [6.45, 7) is -0.348. The molecular formula is C22H23FN2O4S2. The Balaban J connectivity index is 1.74. The largest absolute Gasteiger partial charge is 0.264 e. The van der Waals surface area contributed by atoms with Crippen molar-refractivity contribution in [2.24, 2.45) is 0 Å². The number of nitrogens with zero attached hydrogens (tertiary/aromatic N) is 1. The minimum atomic E-state index is -3.99. The summed E-state index contributed by atoms with van der Waals surface area (Å²) in [5.74, 6) is -0.686. The highest BCUT2D eigenvalue weighted by Gasteiger charge is 2.30. The maximum Gasteiger partial charge on any atom is 0.211 e. The molecule has 0 spiro atoms. The van der Waals surface area contributed by atoms with Gasteiger partial charge >= 0.3 is 0 Å². The first kappa shape index (κ1) is 23.1. The first-order valence-corrected chi connectivity index (χ1v) is 12.9. The second-order valence-corrected chi connectivity index (χ2v) is 11.1. The van der Waals surface area contributed by atoms with Gasteiger partial charge in [0.25, 0.3) is 0 Å². The summed E-state index contributed by atoms with van der Waals surface area (Å²) in [5, 5.41) is -1.20. The maximum absolute atomic E-state index is 13.2. The lowest BCUT2D eigenvalue weighted by atomic mass is 10.1. The van der Waals surface area contributed by atoms with Crippen LogP contribution < -0.4 is 4.72 Å². The molecule has 3 rings (SSSR count). The third-order valence-corrected chi connectivity index (χ3v) is 8.33. The van der Waals surface area contributed by atoms with Gasteiger partial charge in [0.05, 0.1) is 10.6 Å². The second-order valence-electron chi connectivity index (χ2n) is 7.03. The van der Waals surface area contributed by atoms with E-state index in [9.17, 15) is 21.2 Å². The number of nitrogens with one attached hydrogen (secondary N) is 1. The van der Waals surface area contributed by atoms with Gasteiger partial charge in [-0.2, -0.15) is 0 Å². The molecule has 0 aliphatic heterocycles. The van der Waals surface area contributed by atoms with Crippen LogP contribution in [-0.2, 0) is 26.3 Å². The van der Waals surface area contributed by atoms with Gasteiger partial charge in [-0.15, -0.1) is 0 Å². The summed E-state index contributed by atoms with van der Waals surface area (Å²) in [6.07, 6.45) is 3.89. The van der Waals surface area contributed by atoms with Crippen LogP contribution in [0, 0.1) is 5.82 Å². The molecule has 9 heteroatoms. The van der Waals surface area contributed by atoms with Crippen LogP contribution in [0.25, 0.3) is 0 Å². The quantitative estimate of drug-likeness (QED) is 0.467. The van der Waals surface area contributed by atoms with E-state index < -0.39 is 30.9 Å². The molecule has 0 aliphatic rings. The number of hydrogen-bond donors (Lipinski definition) is 1. The number of aryl methyl sites for hydroxylation is 1. The second kappa shape index (κ2) is 10.1. The maximum atomic E-state index is 13.2. The summed E-state index contributed by atoms with van der Waals surface area (Å²) in [6, 6.07) is 17.1. The van der Waals surface area contributed by atoms with E-state index >= 15 is 0 Å². The van der Waals surface area contributed by atoms with Crippen LogP contribution in [0.5, 0.6) is 0 Å². The van der Waals surface area contributed by atoms with Crippen molar-refractivity contribution < 1.29 is 21.2 Å². The van der Waals surface area contributed by atoms with Crippen LogP contribution in [0.4, 0.5) is 4.39 Å². The Morgan fingerprint density at radius 1 is 0.903 bits per heavy atom. The zero-order valence-corrected chi connectivity index (χ0v) is 18.3. The van der Waals surface area contributed by atoms with E-state index in [4.69, 9.17) is 0 Å². The van der Waals surface area contributed by atoms with Crippen molar-refractivity contribution in [3.8, 4) is 0 Å². The van der Waals surface area contributed by atoms with Gasteiger partial charge in [-0.3, -0.25) is 4.98 Å². The van der Waals surface area contributed by atoms with Crippen LogP contribution in [0.2, 0.25) is 0 Å². The molecule has 6 nitrogen and oxygen atoms in total. The molecule has 0 bridgehead atoms. The summed E-state index contributed by atoms with van der Waals surface area (Å²) >= 11 is 0. The number of pyridine rings is 1. The zero-order chi connectivity index (χ0) is 22.3. The van der Waals surface area contributed by atoms with Gasteiger partial charge in [0, 0.05) is 18.9 Å². The highest BCUT2D eigenvalue weighted by molar-refractivity contribution is 7.92. The molecule has 0 saturated carbocycles. The van der Waals surface area contributed by atoms with Gasteiger partial charge in [-0.25, -0.2) is 25.9 Å². The Bertz CT molecular complexity index is 1190. The molecule has 3 aromatic rings. The number of halogens is 1. The highest BCUT2D eigenvalue weighted by atomic mass is 32.2.